The van der Waals surface area contributed by atoms with Crippen LogP contribution in [0.5, 0.6) is 0 Å². The third-order valence-corrected chi connectivity index (χ3v) is 3.80. The number of halogens is 2. The first-order valence-corrected chi connectivity index (χ1v) is 6.69. The Kier molecular flexibility index (Phi) is 3.03. The maximum Gasteiger partial charge on any atom is 0.207 e. The molecule has 2 aromatic carbocycles. The molecule has 3 rings (SSSR count). The highest BCUT2D eigenvalue weighted by Gasteiger charge is 2.20. The topological polar surface area (TPSA) is 22.2 Å². The second kappa shape index (κ2) is 4.73. The van der Waals surface area contributed by atoms with E-state index in [0.717, 1.165) is 10.8 Å². The molecular weight excluding hydrogens is 321 g/mol. The van der Waals surface area contributed by atoms with Crippen LogP contribution in [0, 0.1) is 12.4 Å². The van der Waals surface area contributed by atoms with Gasteiger partial charge in [-0.2, -0.15) is 5.10 Å². The predicted molar refractivity (Wildman–Crippen MR) is 80.1 cm³/mol. The minimum absolute atomic E-state index is 0.283. The van der Waals surface area contributed by atoms with Gasteiger partial charge >= 0.3 is 0 Å². The highest BCUT2D eigenvalue weighted by molar-refractivity contribution is 9.10. The Morgan fingerprint density at radius 1 is 1.35 bits per heavy atom. The highest BCUT2D eigenvalue weighted by Crippen LogP contribution is 2.41. The molecule has 1 heterocycles. The summed E-state index contributed by atoms with van der Waals surface area (Å²) in [5, 5.41) is 5.55. The van der Waals surface area contributed by atoms with Crippen molar-refractivity contribution >= 4 is 32.4 Å². The molecule has 0 spiro atoms. The summed E-state index contributed by atoms with van der Waals surface area (Å²) in [6.45, 7) is 7.42. The molecule has 0 N–H and O–H groups in total. The zero-order chi connectivity index (χ0) is 14.3. The summed E-state index contributed by atoms with van der Waals surface area (Å²) in [6.07, 6.45) is 1.59. The predicted octanol–water partition coefficient (Wildman–Crippen LogP) is 4.69. The second-order valence-corrected chi connectivity index (χ2v) is 5.23. The van der Waals surface area contributed by atoms with Crippen molar-refractivity contribution in [1.82, 2.24) is 9.78 Å². The zero-order valence-corrected chi connectivity index (χ0v) is 12.1. The maximum atomic E-state index is 14.5. The molecule has 20 heavy (non-hydrogen) atoms. The van der Waals surface area contributed by atoms with Gasteiger partial charge in [0.1, 0.15) is 5.82 Å². The van der Waals surface area contributed by atoms with E-state index in [-0.39, 0.29) is 5.56 Å². The van der Waals surface area contributed by atoms with Crippen LogP contribution >= 0.6 is 15.9 Å². The normalized spacial score (nSPS) is 10.7. The summed E-state index contributed by atoms with van der Waals surface area (Å²) >= 11 is 3.36. The van der Waals surface area contributed by atoms with E-state index in [4.69, 9.17) is 6.57 Å². The lowest BCUT2D eigenvalue weighted by Crippen LogP contribution is -1.97. The van der Waals surface area contributed by atoms with Crippen LogP contribution in [-0.2, 0) is 7.05 Å². The van der Waals surface area contributed by atoms with Gasteiger partial charge in [0.15, 0.2) is 0 Å². The molecule has 0 fully saturated rings. The molecule has 0 aliphatic heterocycles. The Bertz CT molecular complexity index is 842. The van der Waals surface area contributed by atoms with Gasteiger partial charge in [-0.15, -0.1) is 0 Å². The van der Waals surface area contributed by atoms with Gasteiger partial charge in [0, 0.05) is 12.6 Å². The van der Waals surface area contributed by atoms with E-state index < -0.39 is 5.82 Å². The van der Waals surface area contributed by atoms with Crippen LogP contribution in [0.15, 0.2) is 41.0 Å². The molecule has 0 saturated heterocycles. The van der Waals surface area contributed by atoms with Gasteiger partial charge in [0.2, 0.25) is 5.69 Å². The number of aryl methyl sites for hydroxylation is 1. The van der Waals surface area contributed by atoms with E-state index in [1.54, 1.807) is 24.0 Å². The SMILES string of the molecule is [C-]#[N+]c1c(-c2c(Br)cnn2C)c(F)cc2ccccc12. The summed E-state index contributed by atoms with van der Waals surface area (Å²) in [4.78, 5) is 3.55. The van der Waals surface area contributed by atoms with E-state index in [1.165, 1.54) is 6.07 Å². The van der Waals surface area contributed by atoms with Crippen LogP contribution < -0.4 is 0 Å². The number of nitrogens with zero attached hydrogens (tertiary/aromatic N) is 3. The van der Waals surface area contributed by atoms with E-state index >= 15 is 0 Å². The zero-order valence-electron chi connectivity index (χ0n) is 10.6. The summed E-state index contributed by atoms with van der Waals surface area (Å²) in [5.74, 6) is -0.418. The Hall–Kier alpha value is -2.19. The van der Waals surface area contributed by atoms with Gasteiger partial charge in [0.05, 0.1) is 22.9 Å². The lowest BCUT2D eigenvalue weighted by Gasteiger charge is -2.10. The van der Waals surface area contributed by atoms with Crippen molar-refractivity contribution in [1.29, 1.82) is 0 Å². The lowest BCUT2D eigenvalue weighted by molar-refractivity contribution is 0.630. The fraction of sp³-hybridized carbons (Fsp3) is 0.0667. The quantitative estimate of drug-likeness (QED) is 0.593. The number of hydrogen-bond acceptors (Lipinski definition) is 1. The van der Waals surface area contributed by atoms with Gasteiger partial charge < -0.3 is 0 Å². The van der Waals surface area contributed by atoms with Crippen molar-refractivity contribution in [2.24, 2.45) is 7.05 Å². The molecule has 0 aliphatic rings. The summed E-state index contributed by atoms with van der Waals surface area (Å²) in [6, 6.07) is 8.76. The van der Waals surface area contributed by atoms with Crippen molar-refractivity contribution in [3.8, 4) is 11.3 Å². The van der Waals surface area contributed by atoms with Gasteiger partial charge in [0.25, 0.3) is 0 Å². The lowest BCUT2D eigenvalue weighted by atomic mass is 10.0. The largest absolute Gasteiger partial charge is 0.268 e. The van der Waals surface area contributed by atoms with Crippen LogP contribution in [0.25, 0.3) is 26.9 Å². The number of fused-ring (bicyclic) bond motifs is 1. The monoisotopic (exact) mass is 329 g/mol. The summed E-state index contributed by atoms with van der Waals surface area (Å²) in [5.41, 5.74) is 1.16. The fourth-order valence-electron chi connectivity index (χ4n) is 2.33. The molecule has 3 aromatic rings. The smallest absolute Gasteiger partial charge is 0.207 e. The molecule has 1 aromatic heterocycles. The van der Waals surface area contributed by atoms with Crippen molar-refractivity contribution in [2.45, 2.75) is 0 Å². The van der Waals surface area contributed by atoms with Crippen molar-refractivity contribution in [3.63, 3.8) is 0 Å². The van der Waals surface area contributed by atoms with Crippen molar-refractivity contribution in [3.05, 3.63) is 58.2 Å². The number of rotatable bonds is 1. The Balaban J connectivity index is 2.48. The fourth-order valence-corrected chi connectivity index (χ4v) is 2.87. The highest BCUT2D eigenvalue weighted by atomic mass is 79.9. The van der Waals surface area contributed by atoms with E-state index in [2.05, 4.69) is 25.9 Å². The Morgan fingerprint density at radius 3 is 2.75 bits per heavy atom. The first-order valence-electron chi connectivity index (χ1n) is 5.90. The first kappa shape index (κ1) is 12.8. The third kappa shape index (κ3) is 1.81. The second-order valence-electron chi connectivity index (χ2n) is 4.38. The van der Waals surface area contributed by atoms with Gasteiger partial charge in [-0.25, -0.2) is 9.24 Å². The van der Waals surface area contributed by atoms with E-state index in [0.29, 0.717) is 15.9 Å². The van der Waals surface area contributed by atoms with E-state index in [9.17, 15) is 4.39 Å². The summed E-state index contributed by atoms with van der Waals surface area (Å²) in [7, 11) is 1.72. The average molecular weight is 330 g/mol. The third-order valence-electron chi connectivity index (χ3n) is 3.22. The number of benzene rings is 2. The van der Waals surface area contributed by atoms with Gasteiger partial charge in [-0.1, -0.05) is 24.3 Å². The molecule has 0 aliphatic carbocycles. The molecule has 3 nitrogen and oxygen atoms in total. The van der Waals surface area contributed by atoms with Crippen LogP contribution in [0.1, 0.15) is 0 Å². The minimum atomic E-state index is -0.418. The summed E-state index contributed by atoms with van der Waals surface area (Å²) < 4.78 is 16.7. The molecule has 0 saturated carbocycles. The molecule has 0 bridgehead atoms. The molecule has 98 valence electrons. The molecule has 0 unspecified atom stereocenters. The Morgan fingerprint density at radius 2 is 2.10 bits per heavy atom. The molecule has 5 heteroatoms. The van der Waals surface area contributed by atoms with E-state index in [1.807, 2.05) is 18.2 Å². The Labute approximate surface area is 123 Å². The first-order chi connectivity index (χ1) is 9.63. The van der Waals surface area contributed by atoms with Crippen LogP contribution in [0.4, 0.5) is 10.1 Å². The molecule has 0 amide bonds. The number of hydrogen-bond donors (Lipinski definition) is 0. The minimum Gasteiger partial charge on any atom is -0.268 e. The van der Waals surface area contributed by atoms with Crippen LogP contribution in [-0.4, -0.2) is 9.78 Å². The maximum absolute atomic E-state index is 14.5. The van der Waals surface area contributed by atoms with Gasteiger partial charge in [-0.3, -0.25) is 4.68 Å². The van der Waals surface area contributed by atoms with Crippen LogP contribution in [0.2, 0.25) is 0 Å². The van der Waals surface area contributed by atoms with Gasteiger partial charge in [-0.05, 0) is 32.8 Å². The van der Waals surface area contributed by atoms with Crippen LogP contribution in [0.3, 0.4) is 0 Å². The standard InChI is InChI=1S/C15H9BrFN3/c1-18-14-10-6-4-3-5-9(10)7-12(17)13(14)15-11(16)8-19-20(15)2/h3-8H,2H3. The number of aromatic nitrogens is 2. The van der Waals surface area contributed by atoms with Crippen molar-refractivity contribution < 1.29 is 4.39 Å². The molecular formula is C15H9BrFN3. The molecule has 0 atom stereocenters. The molecule has 0 radical (unpaired) electrons. The van der Waals surface area contributed by atoms with Crippen molar-refractivity contribution in [2.75, 3.05) is 0 Å². The average Bonchev–Trinajstić information content (AvgIpc) is 2.77.